The molecule has 0 aliphatic heterocycles. The molecule has 0 saturated carbocycles. The maximum Gasteiger partial charge on any atom is 0.323 e. The molecule has 1 amide bonds. The van der Waals surface area contributed by atoms with Crippen LogP contribution in [0.3, 0.4) is 0 Å². The summed E-state index contributed by atoms with van der Waals surface area (Å²) < 4.78 is 0. The minimum Gasteiger partial charge on any atom is -0.480 e. The van der Waals surface area contributed by atoms with Crippen LogP contribution in [0.15, 0.2) is 29.6 Å². The maximum atomic E-state index is 12.3. The number of hydrogen-bond acceptors (Lipinski definition) is 5. The van der Waals surface area contributed by atoms with Crippen molar-refractivity contribution in [1.29, 1.82) is 0 Å². The van der Waals surface area contributed by atoms with E-state index in [1.54, 1.807) is 24.3 Å². The first-order valence-electron chi connectivity index (χ1n) is 5.47. The van der Waals surface area contributed by atoms with Crippen molar-refractivity contribution in [3.05, 3.63) is 40.4 Å². The number of rotatable bonds is 4. The van der Waals surface area contributed by atoms with E-state index in [9.17, 15) is 9.59 Å². The van der Waals surface area contributed by atoms with Crippen LogP contribution in [0.4, 0.5) is 10.8 Å². The molecule has 0 atom stereocenters. The van der Waals surface area contributed by atoms with Crippen molar-refractivity contribution < 1.29 is 14.7 Å². The molecule has 0 aliphatic rings. The minimum absolute atomic E-state index is 0.115. The van der Waals surface area contributed by atoms with Crippen molar-refractivity contribution in [2.24, 2.45) is 0 Å². The Labute approximate surface area is 123 Å². The summed E-state index contributed by atoms with van der Waals surface area (Å²) in [4.78, 5) is 28.2. The molecule has 0 saturated heterocycles. The Kier molecular flexibility index (Phi) is 4.21. The highest BCUT2D eigenvalue weighted by Gasteiger charge is 2.22. The van der Waals surface area contributed by atoms with E-state index in [4.69, 9.17) is 22.4 Å². The lowest BCUT2D eigenvalue weighted by Crippen LogP contribution is -2.35. The minimum atomic E-state index is -1.13. The fourth-order valence-electron chi connectivity index (χ4n) is 1.56. The zero-order valence-corrected chi connectivity index (χ0v) is 11.7. The van der Waals surface area contributed by atoms with Crippen molar-refractivity contribution in [3.8, 4) is 0 Å². The van der Waals surface area contributed by atoms with Crippen LogP contribution < -0.4 is 10.6 Å². The van der Waals surface area contributed by atoms with Gasteiger partial charge >= 0.3 is 5.97 Å². The van der Waals surface area contributed by atoms with Crippen molar-refractivity contribution in [2.75, 3.05) is 17.2 Å². The van der Waals surface area contributed by atoms with Gasteiger partial charge in [0.05, 0.1) is 0 Å². The third-order valence-corrected chi connectivity index (χ3v) is 3.34. The quantitative estimate of drug-likeness (QED) is 0.901. The molecule has 1 heterocycles. The summed E-state index contributed by atoms with van der Waals surface area (Å²) in [6.07, 6.45) is 0. The summed E-state index contributed by atoms with van der Waals surface area (Å²) in [5.41, 5.74) is 6.02. The number of aliphatic carboxylic acids is 1. The average Bonchev–Trinajstić information content (AvgIpc) is 2.83. The normalized spacial score (nSPS) is 10.2. The highest BCUT2D eigenvalue weighted by atomic mass is 35.5. The number of amides is 1. The number of nitrogens with zero attached hydrogens (tertiary/aromatic N) is 2. The van der Waals surface area contributed by atoms with Gasteiger partial charge in [-0.25, -0.2) is 4.98 Å². The van der Waals surface area contributed by atoms with Crippen LogP contribution in [0.5, 0.6) is 0 Å². The summed E-state index contributed by atoms with van der Waals surface area (Å²) in [6, 6.07) is 6.29. The molecule has 3 N–H and O–H groups in total. The molecule has 0 unspecified atom stereocenters. The first-order valence-corrected chi connectivity index (χ1v) is 6.73. The molecule has 6 nitrogen and oxygen atoms in total. The van der Waals surface area contributed by atoms with Crippen LogP contribution in [0.25, 0.3) is 0 Å². The number of anilines is 2. The molecule has 0 radical (unpaired) electrons. The Morgan fingerprint density at radius 1 is 1.35 bits per heavy atom. The molecule has 0 aliphatic carbocycles. The SMILES string of the molecule is Nc1nc(C(=O)N(CC(=O)O)c2ccc(Cl)cc2)cs1. The number of carbonyl (C=O) groups is 2. The van der Waals surface area contributed by atoms with Gasteiger partial charge in [0.15, 0.2) is 5.13 Å². The van der Waals surface area contributed by atoms with Crippen molar-refractivity contribution in [1.82, 2.24) is 4.98 Å². The number of hydrogen-bond donors (Lipinski definition) is 2. The topological polar surface area (TPSA) is 96.5 Å². The number of carbonyl (C=O) groups excluding carboxylic acids is 1. The Hall–Kier alpha value is -2.12. The Morgan fingerprint density at radius 3 is 2.50 bits per heavy atom. The first-order chi connectivity index (χ1) is 9.47. The van der Waals surface area contributed by atoms with Gasteiger partial charge in [0.2, 0.25) is 0 Å². The number of thiazole rings is 1. The first kappa shape index (κ1) is 14.3. The van der Waals surface area contributed by atoms with E-state index in [0.29, 0.717) is 10.7 Å². The largest absolute Gasteiger partial charge is 0.480 e. The number of carboxylic acid groups (broad SMARTS) is 1. The van der Waals surface area contributed by atoms with Crippen LogP contribution in [0, 0.1) is 0 Å². The monoisotopic (exact) mass is 311 g/mol. The number of aromatic nitrogens is 1. The van der Waals surface area contributed by atoms with Crippen LogP contribution in [-0.4, -0.2) is 28.5 Å². The van der Waals surface area contributed by atoms with Gasteiger partial charge in [0, 0.05) is 16.1 Å². The molecular formula is C12H10ClN3O3S. The van der Waals surface area contributed by atoms with Crippen molar-refractivity contribution >= 4 is 45.6 Å². The molecule has 20 heavy (non-hydrogen) atoms. The summed E-state index contributed by atoms with van der Waals surface area (Å²) in [6.45, 7) is -0.474. The van der Waals surface area contributed by atoms with Crippen LogP contribution in [-0.2, 0) is 4.79 Å². The number of benzene rings is 1. The van der Waals surface area contributed by atoms with Gasteiger partial charge in [0.25, 0.3) is 5.91 Å². The lowest BCUT2D eigenvalue weighted by atomic mass is 10.2. The van der Waals surface area contributed by atoms with E-state index in [2.05, 4.69) is 4.98 Å². The summed E-state index contributed by atoms with van der Waals surface area (Å²) >= 11 is 6.89. The van der Waals surface area contributed by atoms with E-state index in [1.807, 2.05) is 0 Å². The van der Waals surface area contributed by atoms with Crippen LogP contribution in [0.1, 0.15) is 10.5 Å². The average molecular weight is 312 g/mol. The van der Waals surface area contributed by atoms with E-state index >= 15 is 0 Å². The van der Waals surface area contributed by atoms with E-state index < -0.39 is 18.4 Å². The zero-order valence-electron chi connectivity index (χ0n) is 10.1. The second-order valence-corrected chi connectivity index (χ2v) is 5.16. The van der Waals surface area contributed by atoms with Gasteiger partial charge in [-0.3, -0.25) is 14.5 Å². The second kappa shape index (κ2) is 5.89. The predicted octanol–water partition coefficient (Wildman–Crippen LogP) is 2.11. The molecule has 104 valence electrons. The van der Waals surface area contributed by atoms with Crippen molar-refractivity contribution in [3.63, 3.8) is 0 Å². The van der Waals surface area contributed by atoms with Gasteiger partial charge in [0.1, 0.15) is 12.2 Å². The molecule has 0 fully saturated rings. The van der Waals surface area contributed by atoms with E-state index in [-0.39, 0.29) is 10.8 Å². The molecule has 0 bridgehead atoms. The van der Waals surface area contributed by atoms with E-state index in [1.165, 1.54) is 5.38 Å². The fourth-order valence-corrected chi connectivity index (χ4v) is 2.22. The van der Waals surface area contributed by atoms with Crippen LogP contribution >= 0.6 is 22.9 Å². The molecule has 1 aromatic carbocycles. The number of carboxylic acids is 1. The smallest absolute Gasteiger partial charge is 0.323 e. The molecule has 8 heteroatoms. The Morgan fingerprint density at radius 2 is 2.00 bits per heavy atom. The highest BCUT2D eigenvalue weighted by molar-refractivity contribution is 7.13. The van der Waals surface area contributed by atoms with E-state index in [0.717, 1.165) is 16.2 Å². The highest BCUT2D eigenvalue weighted by Crippen LogP contribution is 2.21. The Balaban J connectivity index is 2.34. The van der Waals surface area contributed by atoms with Crippen LogP contribution in [0.2, 0.25) is 5.02 Å². The van der Waals surface area contributed by atoms with Gasteiger partial charge in [-0.2, -0.15) is 0 Å². The molecular weight excluding hydrogens is 302 g/mol. The molecule has 1 aromatic heterocycles. The van der Waals surface area contributed by atoms with Gasteiger partial charge in [-0.1, -0.05) is 11.6 Å². The third kappa shape index (κ3) is 3.25. The second-order valence-electron chi connectivity index (χ2n) is 3.83. The summed E-state index contributed by atoms with van der Waals surface area (Å²) in [5, 5.41) is 11.2. The maximum absolute atomic E-state index is 12.3. The number of nitrogen functional groups attached to an aromatic ring is 1. The summed E-state index contributed by atoms with van der Waals surface area (Å²) in [5.74, 6) is -1.65. The standard InChI is InChI=1S/C12H10ClN3O3S/c13-7-1-3-8(4-2-7)16(5-10(17)18)11(19)9-6-20-12(14)15-9/h1-4,6H,5H2,(H2,14,15)(H,17,18). The van der Waals surface area contributed by atoms with Gasteiger partial charge < -0.3 is 10.8 Å². The lowest BCUT2D eigenvalue weighted by Gasteiger charge is -2.19. The molecule has 0 spiro atoms. The summed E-state index contributed by atoms with van der Waals surface area (Å²) in [7, 11) is 0. The lowest BCUT2D eigenvalue weighted by molar-refractivity contribution is -0.135. The fraction of sp³-hybridized carbons (Fsp3) is 0.0833. The zero-order chi connectivity index (χ0) is 14.7. The van der Waals surface area contributed by atoms with Gasteiger partial charge in [-0.15, -0.1) is 11.3 Å². The van der Waals surface area contributed by atoms with Gasteiger partial charge in [-0.05, 0) is 24.3 Å². The Bertz CT molecular complexity index is 642. The molecule has 2 aromatic rings. The van der Waals surface area contributed by atoms with Crippen molar-refractivity contribution in [2.45, 2.75) is 0 Å². The third-order valence-electron chi connectivity index (χ3n) is 2.42. The predicted molar refractivity (Wildman–Crippen MR) is 77.3 cm³/mol. The molecule has 2 rings (SSSR count). The number of halogens is 1. The number of nitrogens with two attached hydrogens (primary N) is 1.